The van der Waals surface area contributed by atoms with E-state index in [2.05, 4.69) is 5.32 Å². The molecule has 0 saturated carbocycles. The third kappa shape index (κ3) is 4.47. The van der Waals surface area contributed by atoms with E-state index in [1.807, 2.05) is 19.1 Å². The SMILES string of the molecule is CCOCCCNCc1ccc(-c2ccc(F)cc2)o1. The molecule has 2 rings (SSSR count). The lowest BCUT2D eigenvalue weighted by atomic mass is 10.2. The minimum Gasteiger partial charge on any atom is -0.460 e. The first-order valence-electron chi connectivity index (χ1n) is 6.92. The first-order valence-corrected chi connectivity index (χ1v) is 6.92. The van der Waals surface area contributed by atoms with Crippen LogP contribution >= 0.6 is 0 Å². The van der Waals surface area contributed by atoms with Gasteiger partial charge in [0.05, 0.1) is 6.54 Å². The monoisotopic (exact) mass is 277 g/mol. The van der Waals surface area contributed by atoms with Crippen molar-refractivity contribution in [3.8, 4) is 11.3 Å². The molecule has 20 heavy (non-hydrogen) atoms. The largest absolute Gasteiger partial charge is 0.460 e. The van der Waals surface area contributed by atoms with Crippen LogP contribution in [0.15, 0.2) is 40.8 Å². The summed E-state index contributed by atoms with van der Waals surface area (Å²) >= 11 is 0. The van der Waals surface area contributed by atoms with Crippen LogP contribution in [0.2, 0.25) is 0 Å². The van der Waals surface area contributed by atoms with Crippen molar-refractivity contribution in [1.82, 2.24) is 5.32 Å². The maximum Gasteiger partial charge on any atom is 0.134 e. The lowest BCUT2D eigenvalue weighted by Crippen LogP contribution is -2.15. The van der Waals surface area contributed by atoms with Gasteiger partial charge in [0, 0.05) is 18.8 Å². The molecule has 0 unspecified atom stereocenters. The Bertz CT molecular complexity index is 507. The molecule has 1 aromatic carbocycles. The summed E-state index contributed by atoms with van der Waals surface area (Å²) in [5, 5.41) is 3.30. The molecule has 2 aromatic rings. The fourth-order valence-electron chi connectivity index (χ4n) is 1.90. The van der Waals surface area contributed by atoms with Gasteiger partial charge in [-0.25, -0.2) is 4.39 Å². The summed E-state index contributed by atoms with van der Waals surface area (Å²) in [4.78, 5) is 0. The quantitative estimate of drug-likeness (QED) is 0.749. The molecule has 0 fully saturated rings. The van der Waals surface area contributed by atoms with E-state index in [4.69, 9.17) is 9.15 Å². The molecule has 0 radical (unpaired) electrons. The Balaban J connectivity index is 1.79. The lowest BCUT2D eigenvalue weighted by molar-refractivity contribution is 0.144. The normalized spacial score (nSPS) is 10.9. The zero-order valence-electron chi connectivity index (χ0n) is 11.7. The molecule has 0 atom stereocenters. The van der Waals surface area contributed by atoms with Gasteiger partial charge in [-0.3, -0.25) is 0 Å². The zero-order chi connectivity index (χ0) is 14.2. The number of furan rings is 1. The molecule has 0 saturated heterocycles. The predicted molar refractivity (Wildman–Crippen MR) is 76.9 cm³/mol. The second kappa shape index (κ2) is 7.82. The Kier molecular flexibility index (Phi) is 5.77. The molecule has 1 aromatic heterocycles. The van der Waals surface area contributed by atoms with Crippen LogP contribution in [0.1, 0.15) is 19.1 Å². The van der Waals surface area contributed by atoms with Gasteiger partial charge in [0.15, 0.2) is 0 Å². The average Bonchev–Trinajstić information content (AvgIpc) is 2.92. The Morgan fingerprint density at radius 3 is 2.70 bits per heavy atom. The fraction of sp³-hybridized carbons (Fsp3) is 0.375. The van der Waals surface area contributed by atoms with Crippen molar-refractivity contribution < 1.29 is 13.5 Å². The van der Waals surface area contributed by atoms with Gasteiger partial charge in [-0.1, -0.05) is 0 Å². The van der Waals surface area contributed by atoms with Crippen molar-refractivity contribution in [3.63, 3.8) is 0 Å². The standard InChI is InChI=1S/C16H20FNO2/c1-2-19-11-3-10-18-12-15-8-9-16(20-15)13-4-6-14(17)7-5-13/h4-9,18H,2-3,10-12H2,1H3. The molecular weight excluding hydrogens is 257 g/mol. The highest BCUT2D eigenvalue weighted by atomic mass is 19.1. The van der Waals surface area contributed by atoms with Gasteiger partial charge in [0.2, 0.25) is 0 Å². The highest BCUT2D eigenvalue weighted by Crippen LogP contribution is 2.22. The second-order valence-corrected chi connectivity index (χ2v) is 4.50. The summed E-state index contributed by atoms with van der Waals surface area (Å²) < 4.78 is 23.8. The molecule has 3 nitrogen and oxygen atoms in total. The molecule has 0 aliphatic carbocycles. The van der Waals surface area contributed by atoms with Crippen molar-refractivity contribution in [2.75, 3.05) is 19.8 Å². The first-order chi connectivity index (χ1) is 9.79. The molecule has 4 heteroatoms. The fourth-order valence-corrected chi connectivity index (χ4v) is 1.90. The first kappa shape index (κ1) is 14.8. The number of ether oxygens (including phenoxy) is 1. The third-order valence-electron chi connectivity index (χ3n) is 2.94. The summed E-state index contributed by atoms with van der Waals surface area (Å²) in [5.41, 5.74) is 0.883. The van der Waals surface area contributed by atoms with Crippen LogP contribution in [0.5, 0.6) is 0 Å². The van der Waals surface area contributed by atoms with Crippen molar-refractivity contribution in [2.45, 2.75) is 19.9 Å². The number of nitrogens with one attached hydrogen (secondary N) is 1. The minimum atomic E-state index is -0.239. The van der Waals surface area contributed by atoms with Crippen molar-refractivity contribution in [1.29, 1.82) is 0 Å². The van der Waals surface area contributed by atoms with Crippen molar-refractivity contribution in [2.24, 2.45) is 0 Å². The van der Waals surface area contributed by atoms with Crippen LogP contribution in [0.3, 0.4) is 0 Å². The number of hydrogen-bond acceptors (Lipinski definition) is 3. The van der Waals surface area contributed by atoms with Crippen LogP contribution in [-0.4, -0.2) is 19.8 Å². The molecule has 1 heterocycles. The average molecular weight is 277 g/mol. The Labute approximate surface area is 118 Å². The van der Waals surface area contributed by atoms with Gasteiger partial charge in [-0.15, -0.1) is 0 Å². The second-order valence-electron chi connectivity index (χ2n) is 4.50. The predicted octanol–water partition coefficient (Wildman–Crippen LogP) is 3.60. The van der Waals surface area contributed by atoms with Gasteiger partial charge in [0.25, 0.3) is 0 Å². The van der Waals surface area contributed by atoms with Gasteiger partial charge < -0.3 is 14.5 Å². The molecular formula is C16H20FNO2. The Morgan fingerprint density at radius 2 is 1.95 bits per heavy atom. The highest BCUT2D eigenvalue weighted by molar-refractivity contribution is 5.57. The minimum absolute atomic E-state index is 0.239. The lowest BCUT2D eigenvalue weighted by Gasteiger charge is -2.03. The topological polar surface area (TPSA) is 34.4 Å². The molecule has 0 aliphatic rings. The molecule has 0 spiro atoms. The molecule has 0 bridgehead atoms. The van der Waals surface area contributed by atoms with E-state index < -0.39 is 0 Å². The van der Waals surface area contributed by atoms with E-state index in [0.29, 0.717) is 6.54 Å². The van der Waals surface area contributed by atoms with Crippen LogP contribution in [-0.2, 0) is 11.3 Å². The maximum atomic E-state index is 12.9. The van der Waals surface area contributed by atoms with Crippen LogP contribution in [0.25, 0.3) is 11.3 Å². The molecule has 108 valence electrons. The van der Waals surface area contributed by atoms with E-state index in [0.717, 1.165) is 43.3 Å². The number of benzene rings is 1. The van der Waals surface area contributed by atoms with Gasteiger partial charge in [-0.2, -0.15) is 0 Å². The van der Waals surface area contributed by atoms with Gasteiger partial charge in [-0.05, 0) is 56.3 Å². The molecule has 0 aliphatic heterocycles. The third-order valence-corrected chi connectivity index (χ3v) is 2.94. The van der Waals surface area contributed by atoms with Crippen molar-refractivity contribution in [3.05, 3.63) is 48.0 Å². The summed E-state index contributed by atoms with van der Waals surface area (Å²) in [5.74, 6) is 1.40. The number of hydrogen-bond donors (Lipinski definition) is 1. The van der Waals surface area contributed by atoms with Crippen LogP contribution in [0, 0.1) is 5.82 Å². The summed E-state index contributed by atoms with van der Waals surface area (Å²) in [6.07, 6.45) is 0.985. The number of rotatable bonds is 8. The maximum absolute atomic E-state index is 12.9. The van der Waals surface area contributed by atoms with E-state index in [1.54, 1.807) is 12.1 Å². The number of halogens is 1. The Hall–Kier alpha value is -1.65. The van der Waals surface area contributed by atoms with E-state index in [9.17, 15) is 4.39 Å². The summed E-state index contributed by atoms with van der Waals surface area (Å²) in [6.45, 7) is 5.12. The zero-order valence-corrected chi connectivity index (χ0v) is 11.7. The van der Waals surface area contributed by atoms with E-state index in [-0.39, 0.29) is 5.82 Å². The van der Waals surface area contributed by atoms with Crippen LogP contribution in [0.4, 0.5) is 4.39 Å². The van der Waals surface area contributed by atoms with Crippen LogP contribution < -0.4 is 5.32 Å². The summed E-state index contributed by atoms with van der Waals surface area (Å²) in [6, 6.07) is 10.1. The van der Waals surface area contributed by atoms with Gasteiger partial charge >= 0.3 is 0 Å². The van der Waals surface area contributed by atoms with E-state index >= 15 is 0 Å². The summed E-state index contributed by atoms with van der Waals surface area (Å²) in [7, 11) is 0. The smallest absolute Gasteiger partial charge is 0.134 e. The molecule has 1 N–H and O–H groups in total. The molecule has 0 amide bonds. The van der Waals surface area contributed by atoms with Gasteiger partial charge in [0.1, 0.15) is 17.3 Å². The Morgan fingerprint density at radius 1 is 1.15 bits per heavy atom. The highest BCUT2D eigenvalue weighted by Gasteiger charge is 2.04. The van der Waals surface area contributed by atoms with Crippen molar-refractivity contribution >= 4 is 0 Å². The van der Waals surface area contributed by atoms with E-state index in [1.165, 1.54) is 12.1 Å².